The van der Waals surface area contributed by atoms with Gasteiger partial charge in [0.15, 0.2) is 0 Å². The molecule has 15 heavy (non-hydrogen) atoms. The van der Waals surface area contributed by atoms with Gasteiger partial charge in [0.1, 0.15) is 5.41 Å². The summed E-state index contributed by atoms with van der Waals surface area (Å²) in [4.78, 5) is 22.4. The van der Waals surface area contributed by atoms with Gasteiger partial charge in [-0.25, -0.2) is 0 Å². The molecule has 1 rings (SSSR count). The van der Waals surface area contributed by atoms with Crippen LogP contribution < -0.4 is 5.11 Å². The maximum atomic E-state index is 11.4. The Labute approximate surface area is 87.5 Å². The van der Waals surface area contributed by atoms with Crippen LogP contribution in [-0.2, 0) is 19.7 Å². The van der Waals surface area contributed by atoms with E-state index in [-0.39, 0.29) is 0 Å². The van der Waals surface area contributed by atoms with Crippen LogP contribution >= 0.6 is 0 Å². The van der Waals surface area contributed by atoms with Crippen LogP contribution in [0.2, 0.25) is 0 Å². The molecule has 0 unspecified atom stereocenters. The molecule has 4 heteroatoms. The summed E-state index contributed by atoms with van der Waals surface area (Å²) in [7, 11) is 1.15. The van der Waals surface area contributed by atoms with Gasteiger partial charge in [0.05, 0.1) is 13.1 Å². The van der Waals surface area contributed by atoms with Crippen molar-refractivity contribution in [3.63, 3.8) is 0 Å². The van der Waals surface area contributed by atoms with Gasteiger partial charge < -0.3 is 14.6 Å². The van der Waals surface area contributed by atoms with Crippen LogP contribution in [0.4, 0.5) is 0 Å². The van der Waals surface area contributed by atoms with E-state index in [0.717, 1.165) is 7.11 Å². The van der Waals surface area contributed by atoms with Gasteiger partial charge in [-0.2, -0.15) is 0 Å². The highest BCUT2D eigenvalue weighted by atomic mass is 16.5. The second kappa shape index (κ2) is 4.13. The van der Waals surface area contributed by atoms with Crippen molar-refractivity contribution in [1.82, 2.24) is 0 Å². The van der Waals surface area contributed by atoms with E-state index in [4.69, 9.17) is 0 Å². The van der Waals surface area contributed by atoms with Crippen molar-refractivity contribution in [3.8, 4) is 0 Å². The van der Waals surface area contributed by atoms with E-state index in [1.807, 2.05) is 0 Å². The highest BCUT2D eigenvalue weighted by Crippen LogP contribution is 2.24. The van der Waals surface area contributed by atoms with Crippen LogP contribution in [0.3, 0.4) is 0 Å². The van der Waals surface area contributed by atoms with Gasteiger partial charge in [0.25, 0.3) is 0 Å². The maximum absolute atomic E-state index is 11.4. The lowest BCUT2D eigenvalue weighted by Gasteiger charge is -2.27. The van der Waals surface area contributed by atoms with Crippen molar-refractivity contribution in [2.75, 3.05) is 7.11 Å². The van der Waals surface area contributed by atoms with E-state index in [2.05, 4.69) is 4.74 Å². The molecule has 80 valence electrons. The summed E-state index contributed by atoms with van der Waals surface area (Å²) in [5.41, 5.74) is -1.41. The SMILES string of the molecule is COC(=O)[C@](C)(C(=O)[O-])c1ccccc1. The standard InChI is InChI=1S/C11H12O4/c1-11(9(12)13,10(14)15-2)8-6-4-3-5-7-8/h3-7H,1-2H3,(H,12,13)/p-1/t11-/m0/s1. The molecule has 0 N–H and O–H groups in total. The topological polar surface area (TPSA) is 66.4 Å². The number of methoxy groups -OCH3 is 1. The first-order valence-electron chi connectivity index (χ1n) is 4.39. The van der Waals surface area contributed by atoms with Crippen LogP contribution in [0.5, 0.6) is 0 Å². The Bertz CT molecular complexity index is 371. The number of rotatable bonds is 3. The molecule has 4 nitrogen and oxygen atoms in total. The summed E-state index contributed by atoms with van der Waals surface area (Å²) in [6, 6.07) is 8.13. The fourth-order valence-electron chi connectivity index (χ4n) is 1.29. The number of ether oxygens (including phenoxy) is 1. The van der Waals surface area contributed by atoms with Crippen molar-refractivity contribution in [2.24, 2.45) is 0 Å². The monoisotopic (exact) mass is 207 g/mol. The summed E-state index contributed by atoms with van der Waals surface area (Å²) in [6.07, 6.45) is 0. The quantitative estimate of drug-likeness (QED) is 0.511. The maximum Gasteiger partial charge on any atom is 0.321 e. The summed E-state index contributed by atoms with van der Waals surface area (Å²) < 4.78 is 4.47. The first kappa shape index (κ1) is 11.2. The van der Waals surface area contributed by atoms with Gasteiger partial charge in [-0.1, -0.05) is 30.3 Å². The molecule has 0 aliphatic heterocycles. The number of carboxylic acid groups (broad SMARTS) is 1. The number of carbonyl (C=O) groups excluding carboxylic acids is 2. The third-order valence-electron chi connectivity index (χ3n) is 2.35. The van der Waals surface area contributed by atoms with Gasteiger partial charge in [0, 0.05) is 0 Å². The Hall–Kier alpha value is -1.84. The average molecular weight is 207 g/mol. The van der Waals surface area contributed by atoms with Gasteiger partial charge in [-0.15, -0.1) is 0 Å². The first-order chi connectivity index (χ1) is 7.03. The van der Waals surface area contributed by atoms with Gasteiger partial charge in [-0.05, 0) is 12.5 Å². The van der Waals surface area contributed by atoms with Gasteiger partial charge >= 0.3 is 5.97 Å². The fraction of sp³-hybridized carbons (Fsp3) is 0.273. The molecule has 0 aromatic heterocycles. The Morgan fingerprint density at radius 1 is 1.27 bits per heavy atom. The lowest BCUT2D eigenvalue weighted by Crippen LogP contribution is -2.49. The minimum Gasteiger partial charge on any atom is -0.549 e. The van der Waals surface area contributed by atoms with Crippen molar-refractivity contribution in [3.05, 3.63) is 35.9 Å². The van der Waals surface area contributed by atoms with E-state index in [1.54, 1.807) is 30.3 Å². The van der Waals surface area contributed by atoms with E-state index >= 15 is 0 Å². The van der Waals surface area contributed by atoms with Crippen LogP contribution in [0.25, 0.3) is 0 Å². The minimum atomic E-state index is -1.75. The number of esters is 1. The molecule has 0 amide bonds. The van der Waals surface area contributed by atoms with Crippen LogP contribution in [0, 0.1) is 0 Å². The van der Waals surface area contributed by atoms with Crippen LogP contribution in [-0.4, -0.2) is 19.0 Å². The van der Waals surface area contributed by atoms with E-state index in [0.29, 0.717) is 5.56 Å². The van der Waals surface area contributed by atoms with E-state index in [9.17, 15) is 14.7 Å². The highest BCUT2D eigenvalue weighted by Gasteiger charge is 2.37. The Morgan fingerprint density at radius 3 is 2.20 bits per heavy atom. The number of carboxylic acids is 1. The molecule has 0 aliphatic carbocycles. The molecular formula is C11H11O4-. The number of carbonyl (C=O) groups is 2. The molecular weight excluding hydrogens is 196 g/mol. The van der Waals surface area contributed by atoms with Gasteiger partial charge in [-0.3, -0.25) is 4.79 Å². The van der Waals surface area contributed by atoms with Crippen LogP contribution in [0.1, 0.15) is 12.5 Å². The molecule has 0 heterocycles. The third kappa shape index (κ3) is 1.83. The lowest BCUT2D eigenvalue weighted by molar-refractivity contribution is -0.312. The Kier molecular flexibility index (Phi) is 3.09. The zero-order valence-electron chi connectivity index (χ0n) is 8.52. The molecule has 0 aliphatic rings. The molecule has 0 saturated carbocycles. The largest absolute Gasteiger partial charge is 0.549 e. The Balaban J connectivity index is 3.25. The normalized spacial score (nSPS) is 14.0. The number of aliphatic carboxylic acids is 1. The predicted octanol–water partition coefficient (Wildman–Crippen LogP) is -0.133. The Morgan fingerprint density at radius 2 is 1.80 bits per heavy atom. The molecule has 0 radical (unpaired) electrons. The average Bonchev–Trinajstić information content (AvgIpc) is 2.27. The molecule has 0 bridgehead atoms. The molecule has 0 spiro atoms. The zero-order chi connectivity index (χ0) is 11.5. The van der Waals surface area contributed by atoms with E-state index in [1.165, 1.54) is 6.92 Å². The van der Waals surface area contributed by atoms with Crippen molar-refractivity contribution in [1.29, 1.82) is 0 Å². The van der Waals surface area contributed by atoms with Gasteiger partial charge in [0.2, 0.25) is 0 Å². The molecule has 1 aromatic rings. The minimum absolute atomic E-state index is 0.344. The first-order valence-corrected chi connectivity index (χ1v) is 4.39. The van der Waals surface area contributed by atoms with Crippen molar-refractivity contribution in [2.45, 2.75) is 12.3 Å². The smallest absolute Gasteiger partial charge is 0.321 e. The third-order valence-corrected chi connectivity index (χ3v) is 2.35. The molecule has 0 fully saturated rings. The second-order valence-electron chi connectivity index (χ2n) is 3.27. The van der Waals surface area contributed by atoms with Crippen molar-refractivity contribution < 1.29 is 19.4 Å². The molecule has 0 saturated heterocycles. The summed E-state index contributed by atoms with van der Waals surface area (Å²) in [6.45, 7) is 1.27. The van der Waals surface area contributed by atoms with E-state index < -0.39 is 17.4 Å². The summed E-state index contributed by atoms with van der Waals surface area (Å²) >= 11 is 0. The number of hydrogen-bond donors (Lipinski definition) is 0. The summed E-state index contributed by atoms with van der Waals surface area (Å²) in [5.74, 6) is -2.31. The van der Waals surface area contributed by atoms with Crippen molar-refractivity contribution >= 4 is 11.9 Å². The zero-order valence-corrected chi connectivity index (χ0v) is 8.52. The fourth-order valence-corrected chi connectivity index (χ4v) is 1.29. The molecule has 1 atom stereocenters. The number of benzene rings is 1. The van der Waals surface area contributed by atoms with Crippen LogP contribution in [0.15, 0.2) is 30.3 Å². The molecule has 1 aromatic carbocycles. The highest BCUT2D eigenvalue weighted by molar-refractivity contribution is 6.04. The second-order valence-corrected chi connectivity index (χ2v) is 3.27. The number of hydrogen-bond acceptors (Lipinski definition) is 4. The predicted molar refractivity (Wildman–Crippen MR) is 50.8 cm³/mol. The summed E-state index contributed by atoms with van der Waals surface area (Å²) in [5, 5.41) is 11.0. The lowest BCUT2D eigenvalue weighted by atomic mass is 9.82.